The van der Waals surface area contributed by atoms with Gasteiger partial charge in [-0.15, -0.1) is 22.0 Å². The smallest absolute Gasteiger partial charge is 0.305 e. The van der Waals surface area contributed by atoms with E-state index in [0.29, 0.717) is 31.6 Å². The number of ether oxygens (including phenoxy) is 1. The van der Waals surface area contributed by atoms with E-state index < -0.39 is 16.6 Å². The summed E-state index contributed by atoms with van der Waals surface area (Å²) >= 11 is 14.5. The van der Waals surface area contributed by atoms with Gasteiger partial charge in [-0.1, -0.05) is 46.7 Å². The Kier molecular flexibility index (Phi) is 6.75. The van der Waals surface area contributed by atoms with E-state index in [9.17, 15) is 14.7 Å². The third-order valence-electron chi connectivity index (χ3n) is 4.50. The van der Waals surface area contributed by atoms with E-state index in [-0.39, 0.29) is 18.9 Å². The highest BCUT2D eigenvalue weighted by atomic mass is 35.5. The molecule has 1 fully saturated rings. The van der Waals surface area contributed by atoms with E-state index in [2.05, 4.69) is 10.2 Å². The van der Waals surface area contributed by atoms with Crippen LogP contribution in [0.15, 0.2) is 42.5 Å². The fraction of sp³-hybridized carbons (Fsp3) is 0.200. The number of rotatable bonds is 7. The summed E-state index contributed by atoms with van der Waals surface area (Å²) in [4.78, 5) is 25.8. The minimum Gasteiger partial charge on any atom is -0.485 e. The molecule has 12 heteroatoms. The first-order chi connectivity index (χ1) is 15.3. The number of carbonyl (C=O) groups excluding carboxylic acids is 1. The quantitative estimate of drug-likeness (QED) is 0.441. The maximum Gasteiger partial charge on any atom is 0.305 e. The van der Waals surface area contributed by atoms with Gasteiger partial charge in [-0.3, -0.25) is 14.5 Å². The van der Waals surface area contributed by atoms with Crippen molar-refractivity contribution in [2.75, 3.05) is 10.6 Å². The topological polar surface area (TPSA) is 119 Å². The Bertz CT molecular complexity index is 1180. The van der Waals surface area contributed by atoms with E-state index in [0.717, 1.165) is 5.56 Å². The third-order valence-corrected chi connectivity index (χ3v) is 7.37. The number of carbonyl (C=O) groups is 2. The Balaban J connectivity index is 1.57. The SMILES string of the molecule is Nc1cccc(C2SC(CC(=O)O)C(=O)N2c2nnc(COc3ccc(Cl)cc3Cl)s2)c1. The van der Waals surface area contributed by atoms with Crippen LogP contribution in [0.25, 0.3) is 0 Å². The number of nitrogens with two attached hydrogens (primary N) is 1. The van der Waals surface area contributed by atoms with Crippen LogP contribution in [0.4, 0.5) is 10.8 Å². The van der Waals surface area contributed by atoms with Crippen LogP contribution in [-0.2, 0) is 16.2 Å². The number of thioether (sulfide) groups is 1. The molecule has 1 aliphatic rings. The maximum absolute atomic E-state index is 13.1. The van der Waals surface area contributed by atoms with Crippen molar-refractivity contribution in [2.45, 2.75) is 23.7 Å². The molecule has 1 aromatic heterocycles. The molecule has 166 valence electrons. The van der Waals surface area contributed by atoms with Crippen LogP contribution in [0.3, 0.4) is 0 Å². The van der Waals surface area contributed by atoms with Crippen LogP contribution in [0, 0.1) is 0 Å². The lowest BCUT2D eigenvalue weighted by atomic mass is 10.2. The molecule has 1 saturated heterocycles. The second kappa shape index (κ2) is 9.53. The first kappa shape index (κ1) is 22.7. The summed E-state index contributed by atoms with van der Waals surface area (Å²) in [5.74, 6) is -0.941. The van der Waals surface area contributed by atoms with Gasteiger partial charge >= 0.3 is 5.97 Å². The highest BCUT2D eigenvalue weighted by Crippen LogP contribution is 2.47. The number of aliphatic carboxylic acids is 1. The molecule has 3 N–H and O–H groups in total. The Morgan fingerprint density at radius 1 is 1.22 bits per heavy atom. The zero-order chi connectivity index (χ0) is 22.8. The number of benzene rings is 2. The number of hydrogen-bond donors (Lipinski definition) is 2. The molecule has 0 radical (unpaired) electrons. The van der Waals surface area contributed by atoms with E-state index in [1.165, 1.54) is 28.0 Å². The molecule has 2 aromatic carbocycles. The molecular weight excluding hydrogens is 495 g/mol. The number of hydrogen-bond acceptors (Lipinski definition) is 8. The molecule has 1 aliphatic heterocycles. The minimum absolute atomic E-state index is 0.0930. The molecule has 1 amide bonds. The fourth-order valence-corrected chi connectivity index (χ4v) is 5.83. The molecule has 0 spiro atoms. The second-order valence-corrected chi connectivity index (χ2v) is 9.97. The molecule has 2 atom stereocenters. The van der Waals surface area contributed by atoms with Crippen molar-refractivity contribution in [3.63, 3.8) is 0 Å². The van der Waals surface area contributed by atoms with Crippen molar-refractivity contribution in [1.29, 1.82) is 0 Å². The van der Waals surface area contributed by atoms with Gasteiger partial charge in [-0.05, 0) is 35.9 Å². The number of nitrogens with zero attached hydrogens (tertiary/aromatic N) is 3. The summed E-state index contributed by atoms with van der Waals surface area (Å²) in [6, 6.07) is 12.0. The highest BCUT2D eigenvalue weighted by Gasteiger charge is 2.44. The van der Waals surface area contributed by atoms with Crippen molar-refractivity contribution in [3.8, 4) is 5.75 Å². The van der Waals surface area contributed by atoms with Gasteiger partial charge < -0.3 is 15.6 Å². The summed E-state index contributed by atoms with van der Waals surface area (Å²) in [6.45, 7) is 0.0930. The molecule has 3 aromatic rings. The van der Waals surface area contributed by atoms with E-state index in [4.69, 9.17) is 33.7 Å². The van der Waals surface area contributed by atoms with Gasteiger partial charge in [0.15, 0.2) is 5.01 Å². The normalized spacial score (nSPS) is 18.2. The Hall–Kier alpha value is -2.53. The monoisotopic (exact) mass is 510 g/mol. The Morgan fingerprint density at radius 2 is 2.03 bits per heavy atom. The molecule has 2 unspecified atom stereocenters. The second-order valence-electron chi connectivity index (χ2n) is 6.80. The summed E-state index contributed by atoms with van der Waals surface area (Å²) in [5.41, 5.74) is 7.23. The van der Waals surface area contributed by atoms with Gasteiger partial charge in [0.1, 0.15) is 17.7 Å². The number of carboxylic acid groups (broad SMARTS) is 1. The summed E-state index contributed by atoms with van der Waals surface area (Å²) in [7, 11) is 0. The number of nitrogen functional groups attached to an aromatic ring is 1. The van der Waals surface area contributed by atoms with Crippen LogP contribution in [-0.4, -0.2) is 32.4 Å². The molecule has 4 rings (SSSR count). The first-order valence-corrected chi connectivity index (χ1v) is 11.8. The Morgan fingerprint density at radius 3 is 2.75 bits per heavy atom. The van der Waals surface area contributed by atoms with Crippen molar-refractivity contribution < 1.29 is 19.4 Å². The van der Waals surface area contributed by atoms with Crippen LogP contribution in [0.5, 0.6) is 5.75 Å². The van der Waals surface area contributed by atoms with E-state index >= 15 is 0 Å². The number of aromatic nitrogens is 2. The summed E-state index contributed by atoms with van der Waals surface area (Å²) < 4.78 is 5.70. The lowest BCUT2D eigenvalue weighted by molar-refractivity contribution is -0.138. The zero-order valence-electron chi connectivity index (χ0n) is 16.3. The summed E-state index contributed by atoms with van der Waals surface area (Å²) in [5, 5.41) is 18.0. The van der Waals surface area contributed by atoms with Crippen LogP contribution in [0.2, 0.25) is 10.0 Å². The van der Waals surface area contributed by atoms with E-state index in [1.807, 2.05) is 6.07 Å². The van der Waals surface area contributed by atoms with Gasteiger partial charge in [0.05, 0.1) is 16.7 Å². The van der Waals surface area contributed by atoms with Gasteiger partial charge in [-0.25, -0.2) is 0 Å². The van der Waals surface area contributed by atoms with Gasteiger partial charge in [0, 0.05) is 10.7 Å². The minimum atomic E-state index is -1.05. The molecular formula is C20H16Cl2N4O4S2. The fourth-order valence-electron chi connectivity index (χ4n) is 3.11. The zero-order valence-corrected chi connectivity index (χ0v) is 19.4. The summed E-state index contributed by atoms with van der Waals surface area (Å²) in [6.07, 6.45) is -0.289. The number of anilines is 2. The number of carboxylic acids is 1. The highest BCUT2D eigenvalue weighted by molar-refractivity contribution is 8.01. The lowest BCUT2D eigenvalue weighted by Gasteiger charge is -2.21. The predicted molar refractivity (Wildman–Crippen MR) is 125 cm³/mol. The van der Waals surface area contributed by atoms with Gasteiger partial charge in [0.25, 0.3) is 0 Å². The third kappa shape index (κ3) is 4.93. The van der Waals surface area contributed by atoms with Crippen molar-refractivity contribution in [2.24, 2.45) is 0 Å². The van der Waals surface area contributed by atoms with Crippen LogP contribution >= 0.6 is 46.3 Å². The average Bonchev–Trinajstić information content (AvgIpc) is 3.31. The molecule has 8 nitrogen and oxygen atoms in total. The molecule has 0 saturated carbocycles. The lowest BCUT2D eigenvalue weighted by Crippen LogP contribution is -2.31. The predicted octanol–water partition coefficient (Wildman–Crippen LogP) is 4.63. The molecule has 32 heavy (non-hydrogen) atoms. The van der Waals surface area contributed by atoms with Gasteiger partial charge in [-0.2, -0.15) is 0 Å². The van der Waals surface area contributed by atoms with Crippen LogP contribution in [0.1, 0.15) is 22.4 Å². The number of halogens is 2. The Labute approximate surface area is 201 Å². The molecule has 0 bridgehead atoms. The molecule has 0 aliphatic carbocycles. The van der Waals surface area contributed by atoms with Crippen molar-refractivity contribution >= 4 is 69.0 Å². The van der Waals surface area contributed by atoms with Crippen molar-refractivity contribution in [1.82, 2.24) is 10.2 Å². The maximum atomic E-state index is 13.1. The largest absolute Gasteiger partial charge is 0.485 e. The average molecular weight is 511 g/mol. The molecule has 2 heterocycles. The van der Waals surface area contributed by atoms with E-state index in [1.54, 1.807) is 36.4 Å². The van der Waals surface area contributed by atoms with Crippen molar-refractivity contribution in [3.05, 3.63) is 63.1 Å². The first-order valence-electron chi connectivity index (χ1n) is 9.28. The standard InChI is InChI=1S/C20H16Cl2N4O4S2/c21-11-4-5-14(13(22)7-11)30-9-16-24-25-20(32-16)26-18(29)15(8-17(27)28)31-19(26)10-2-1-3-12(23)6-10/h1-7,15,19H,8-9,23H2,(H,27,28). The van der Waals surface area contributed by atoms with Gasteiger partial charge in [0.2, 0.25) is 11.0 Å². The number of amides is 1. The van der Waals surface area contributed by atoms with Crippen LogP contribution < -0.4 is 15.4 Å².